The maximum Gasteiger partial charge on any atom is 0.244 e. The van der Waals surface area contributed by atoms with E-state index in [1.165, 1.54) is 19.2 Å². The quantitative estimate of drug-likeness (QED) is 0.775. The Kier molecular flexibility index (Phi) is 2.76. The molecule has 4 nitrogen and oxygen atoms in total. The number of methoxy groups -OCH3 is 1. The molecule has 5 heteroatoms. The SMILES string of the molecule is COc1nc(C)nnc1-c1ccc(F)cc1. The van der Waals surface area contributed by atoms with Crippen LogP contribution < -0.4 is 4.74 Å². The number of rotatable bonds is 2. The van der Waals surface area contributed by atoms with E-state index in [0.29, 0.717) is 17.4 Å². The molecule has 0 radical (unpaired) electrons. The number of nitrogens with zero attached hydrogens (tertiary/aromatic N) is 3. The smallest absolute Gasteiger partial charge is 0.244 e. The van der Waals surface area contributed by atoms with E-state index in [4.69, 9.17) is 4.74 Å². The Hall–Kier alpha value is -2.04. The highest BCUT2D eigenvalue weighted by molar-refractivity contribution is 5.63. The summed E-state index contributed by atoms with van der Waals surface area (Å²) in [5.74, 6) is 0.623. The molecule has 2 aromatic rings. The first-order valence-electron chi connectivity index (χ1n) is 4.72. The summed E-state index contributed by atoms with van der Waals surface area (Å²) < 4.78 is 17.9. The molecule has 1 heterocycles. The van der Waals surface area contributed by atoms with Crippen LogP contribution in [0.2, 0.25) is 0 Å². The zero-order chi connectivity index (χ0) is 11.5. The standard InChI is InChI=1S/C11H10FN3O/c1-7-13-11(16-2)10(15-14-7)8-3-5-9(12)6-4-8/h3-6H,1-2H3. The van der Waals surface area contributed by atoms with Gasteiger partial charge in [-0.1, -0.05) is 0 Å². The number of hydrogen-bond acceptors (Lipinski definition) is 4. The Morgan fingerprint density at radius 1 is 1.12 bits per heavy atom. The Morgan fingerprint density at radius 2 is 1.81 bits per heavy atom. The highest BCUT2D eigenvalue weighted by Gasteiger charge is 2.10. The molecule has 0 spiro atoms. The number of benzene rings is 1. The molecule has 0 atom stereocenters. The molecular formula is C11H10FN3O. The Bertz CT molecular complexity index is 499. The first kappa shape index (κ1) is 10.5. The van der Waals surface area contributed by atoms with Gasteiger partial charge in [-0.3, -0.25) is 0 Å². The van der Waals surface area contributed by atoms with Crippen molar-refractivity contribution in [2.75, 3.05) is 7.11 Å². The van der Waals surface area contributed by atoms with Gasteiger partial charge in [0, 0.05) is 5.56 Å². The van der Waals surface area contributed by atoms with Crippen molar-refractivity contribution in [1.82, 2.24) is 15.2 Å². The minimum Gasteiger partial charge on any atom is -0.479 e. The Labute approximate surface area is 92.1 Å². The molecule has 0 aliphatic rings. The zero-order valence-corrected chi connectivity index (χ0v) is 8.94. The second-order valence-electron chi connectivity index (χ2n) is 3.22. The topological polar surface area (TPSA) is 47.9 Å². The molecule has 0 aliphatic heterocycles. The largest absolute Gasteiger partial charge is 0.479 e. The van der Waals surface area contributed by atoms with Crippen molar-refractivity contribution in [2.24, 2.45) is 0 Å². The van der Waals surface area contributed by atoms with Gasteiger partial charge in [-0.15, -0.1) is 10.2 Å². The fourth-order valence-electron chi connectivity index (χ4n) is 1.32. The molecular weight excluding hydrogens is 209 g/mol. The van der Waals surface area contributed by atoms with Crippen LogP contribution >= 0.6 is 0 Å². The van der Waals surface area contributed by atoms with Crippen LogP contribution in [0.4, 0.5) is 4.39 Å². The van der Waals surface area contributed by atoms with E-state index < -0.39 is 0 Å². The van der Waals surface area contributed by atoms with Gasteiger partial charge in [0.15, 0.2) is 11.5 Å². The molecule has 1 aromatic carbocycles. The fraction of sp³-hybridized carbons (Fsp3) is 0.182. The summed E-state index contributed by atoms with van der Waals surface area (Å²) in [6.45, 7) is 1.73. The van der Waals surface area contributed by atoms with Gasteiger partial charge in [-0.2, -0.15) is 4.98 Å². The molecule has 0 saturated carbocycles. The lowest BCUT2D eigenvalue weighted by Gasteiger charge is -2.05. The van der Waals surface area contributed by atoms with Crippen molar-refractivity contribution >= 4 is 0 Å². The normalized spacial score (nSPS) is 10.2. The van der Waals surface area contributed by atoms with Crippen LogP contribution in [0.3, 0.4) is 0 Å². The molecule has 0 aliphatic carbocycles. The molecule has 1 aromatic heterocycles. The van der Waals surface area contributed by atoms with Gasteiger partial charge >= 0.3 is 0 Å². The van der Waals surface area contributed by atoms with E-state index in [1.807, 2.05) is 0 Å². The van der Waals surface area contributed by atoms with Gasteiger partial charge in [0.2, 0.25) is 5.88 Å². The molecule has 2 rings (SSSR count). The summed E-state index contributed by atoms with van der Waals surface area (Å²) in [5.41, 5.74) is 1.23. The van der Waals surface area contributed by atoms with E-state index in [2.05, 4.69) is 15.2 Å². The number of aryl methyl sites for hydroxylation is 1. The van der Waals surface area contributed by atoms with Gasteiger partial charge in [-0.05, 0) is 31.2 Å². The second kappa shape index (κ2) is 4.22. The summed E-state index contributed by atoms with van der Waals surface area (Å²) in [4.78, 5) is 4.10. The molecule has 0 fully saturated rings. The van der Waals surface area contributed by atoms with Crippen LogP contribution in [0.5, 0.6) is 5.88 Å². The number of halogens is 1. The third kappa shape index (κ3) is 1.98. The van der Waals surface area contributed by atoms with Crippen molar-refractivity contribution in [1.29, 1.82) is 0 Å². The number of ether oxygens (including phenoxy) is 1. The second-order valence-corrected chi connectivity index (χ2v) is 3.22. The van der Waals surface area contributed by atoms with Crippen LogP contribution in [0.1, 0.15) is 5.82 Å². The van der Waals surface area contributed by atoms with Crippen LogP contribution in [-0.2, 0) is 0 Å². The van der Waals surface area contributed by atoms with E-state index in [0.717, 1.165) is 5.56 Å². The minimum atomic E-state index is -0.296. The lowest BCUT2D eigenvalue weighted by Crippen LogP contribution is -2.00. The van der Waals surface area contributed by atoms with Crippen molar-refractivity contribution < 1.29 is 9.13 Å². The molecule has 0 saturated heterocycles. The maximum absolute atomic E-state index is 12.8. The van der Waals surface area contributed by atoms with Crippen molar-refractivity contribution in [3.63, 3.8) is 0 Å². The van der Waals surface area contributed by atoms with Crippen molar-refractivity contribution in [3.05, 3.63) is 35.9 Å². The molecule has 0 bridgehead atoms. The fourth-order valence-corrected chi connectivity index (χ4v) is 1.32. The summed E-state index contributed by atoms with van der Waals surface area (Å²) in [5, 5.41) is 7.84. The summed E-state index contributed by atoms with van der Waals surface area (Å²) in [7, 11) is 1.51. The van der Waals surface area contributed by atoms with Gasteiger partial charge < -0.3 is 4.74 Å². The molecule has 16 heavy (non-hydrogen) atoms. The summed E-state index contributed by atoms with van der Waals surface area (Å²) in [6, 6.07) is 5.93. The summed E-state index contributed by atoms with van der Waals surface area (Å²) >= 11 is 0. The van der Waals surface area contributed by atoms with Gasteiger partial charge in [0.25, 0.3) is 0 Å². The highest BCUT2D eigenvalue weighted by Crippen LogP contribution is 2.24. The van der Waals surface area contributed by atoms with E-state index in [9.17, 15) is 4.39 Å². The lowest BCUT2D eigenvalue weighted by molar-refractivity contribution is 0.394. The first-order valence-corrected chi connectivity index (χ1v) is 4.72. The van der Waals surface area contributed by atoms with Gasteiger partial charge in [-0.25, -0.2) is 4.39 Å². The number of aromatic nitrogens is 3. The van der Waals surface area contributed by atoms with E-state index >= 15 is 0 Å². The Morgan fingerprint density at radius 3 is 2.44 bits per heavy atom. The molecule has 0 N–H and O–H groups in total. The Balaban J connectivity index is 2.51. The van der Waals surface area contributed by atoms with Crippen LogP contribution in [0, 0.1) is 12.7 Å². The highest BCUT2D eigenvalue weighted by atomic mass is 19.1. The van der Waals surface area contributed by atoms with E-state index in [-0.39, 0.29) is 5.82 Å². The maximum atomic E-state index is 12.8. The van der Waals surface area contributed by atoms with Crippen molar-refractivity contribution in [2.45, 2.75) is 6.92 Å². The summed E-state index contributed by atoms with van der Waals surface area (Å²) in [6.07, 6.45) is 0. The van der Waals surface area contributed by atoms with Gasteiger partial charge in [0.05, 0.1) is 7.11 Å². The molecule has 82 valence electrons. The lowest BCUT2D eigenvalue weighted by atomic mass is 10.1. The van der Waals surface area contributed by atoms with Crippen LogP contribution in [-0.4, -0.2) is 22.3 Å². The average Bonchev–Trinajstić information content (AvgIpc) is 2.30. The third-order valence-corrected chi connectivity index (χ3v) is 2.07. The number of hydrogen-bond donors (Lipinski definition) is 0. The third-order valence-electron chi connectivity index (χ3n) is 2.07. The van der Waals surface area contributed by atoms with E-state index in [1.54, 1.807) is 19.1 Å². The molecule has 0 unspecified atom stereocenters. The van der Waals surface area contributed by atoms with Crippen LogP contribution in [0.25, 0.3) is 11.3 Å². The molecule has 0 amide bonds. The predicted octanol–water partition coefficient (Wildman–Crippen LogP) is 1.99. The zero-order valence-electron chi connectivity index (χ0n) is 8.94. The minimum absolute atomic E-state index is 0.296. The first-order chi connectivity index (χ1) is 7.70. The predicted molar refractivity (Wildman–Crippen MR) is 56.5 cm³/mol. The van der Waals surface area contributed by atoms with Gasteiger partial charge in [0.1, 0.15) is 5.82 Å². The van der Waals surface area contributed by atoms with Crippen LogP contribution in [0.15, 0.2) is 24.3 Å². The average molecular weight is 219 g/mol. The van der Waals surface area contributed by atoms with Crippen molar-refractivity contribution in [3.8, 4) is 17.1 Å². The monoisotopic (exact) mass is 219 g/mol.